The fourth-order valence-corrected chi connectivity index (χ4v) is 9.52. The molecule has 1 atom stereocenters. The van der Waals surface area contributed by atoms with Gasteiger partial charge in [0.05, 0.1) is 4.90 Å². The van der Waals surface area contributed by atoms with E-state index >= 15 is 0 Å². The van der Waals surface area contributed by atoms with E-state index in [1.807, 2.05) is 37.3 Å². The molecule has 282 valence electrons. The van der Waals surface area contributed by atoms with E-state index in [-0.39, 0.29) is 10.9 Å². The van der Waals surface area contributed by atoms with Crippen molar-refractivity contribution in [2.75, 3.05) is 62.8 Å². The van der Waals surface area contributed by atoms with E-state index < -0.39 is 15.9 Å². The number of hydrogen-bond acceptors (Lipinski definition) is 8. The number of nitrogens with one attached hydrogen (secondary N) is 2. The van der Waals surface area contributed by atoms with Crippen molar-refractivity contribution >= 4 is 39.1 Å². The van der Waals surface area contributed by atoms with E-state index in [4.69, 9.17) is 0 Å². The average Bonchev–Trinajstić information content (AvgIpc) is 3.17. The lowest BCUT2D eigenvalue weighted by Gasteiger charge is -2.37. The van der Waals surface area contributed by atoms with Crippen LogP contribution >= 0.6 is 11.8 Å². The van der Waals surface area contributed by atoms with Crippen LogP contribution in [0.2, 0.25) is 0 Å². The summed E-state index contributed by atoms with van der Waals surface area (Å²) in [6.45, 7) is 7.55. The number of amides is 1. The lowest BCUT2D eigenvalue weighted by Crippen LogP contribution is -2.46. The topological polar surface area (TPSA) is 85.0 Å². The van der Waals surface area contributed by atoms with Crippen LogP contribution in [-0.2, 0) is 16.6 Å². The SMILES string of the molecule is Cc1cc(S(=O)(=O)NC(=O)c2ccc(N3CCN(Cc4ccccc4C4CCCCC4)CC3)cc2)ccc1N[C@H](CCN(C)C)CSc1ccccc1. The maximum Gasteiger partial charge on any atom is 0.264 e. The molecule has 1 aliphatic carbocycles. The fraction of sp³-hybridized carbons (Fsp3) is 0.419. The van der Waals surface area contributed by atoms with Gasteiger partial charge in [0.25, 0.3) is 15.9 Å². The molecule has 1 saturated heterocycles. The van der Waals surface area contributed by atoms with Gasteiger partial charge in [-0.15, -0.1) is 11.8 Å². The number of carbonyl (C=O) groups is 1. The van der Waals surface area contributed by atoms with Gasteiger partial charge in [-0.05, 0) is 124 Å². The summed E-state index contributed by atoms with van der Waals surface area (Å²) >= 11 is 1.80. The van der Waals surface area contributed by atoms with Crippen molar-refractivity contribution in [3.05, 3.63) is 119 Å². The molecule has 1 saturated carbocycles. The molecule has 0 radical (unpaired) electrons. The van der Waals surface area contributed by atoms with Gasteiger partial charge in [0.15, 0.2) is 0 Å². The molecule has 1 amide bonds. The molecular formula is C43H55N5O3S2. The minimum Gasteiger partial charge on any atom is -0.381 e. The number of thioether (sulfide) groups is 1. The first-order valence-corrected chi connectivity index (χ1v) is 21.5. The van der Waals surface area contributed by atoms with Gasteiger partial charge < -0.3 is 15.1 Å². The van der Waals surface area contributed by atoms with Gasteiger partial charge in [0.2, 0.25) is 0 Å². The Hall–Kier alpha value is -3.83. The maximum absolute atomic E-state index is 13.4. The molecule has 2 aliphatic rings. The highest BCUT2D eigenvalue weighted by Gasteiger charge is 2.24. The van der Waals surface area contributed by atoms with Gasteiger partial charge in [-0.3, -0.25) is 9.69 Å². The second-order valence-corrected chi connectivity index (χ2v) is 17.6. The monoisotopic (exact) mass is 753 g/mol. The molecule has 1 heterocycles. The van der Waals surface area contributed by atoms with Crippen molar-refractivity contribution in [3.63, 3.8) is 0 Å². The Bertz CT molecular complexity index is 1890. The number of nitrogens with zero attached hydrogens (tertiary/aromatic N) is 3. The molecule has 1 aliphatic heterocycles. The molecule has 8 nitrogen and oxygen atoms in total. The van der Waals surface area contributed by atoms with Crippen LogP contribution in [-0.4, -0.2) is 82.7 Å². The zero-order valence-corrected chi connectivity index (χ0v) is 33.1. The first-order chi connectivity index (χ1) is 25.6. The summed E-state index contributed by atoms with van der Waals surface area (Å²) < 4.78 is 29.0. The molecule has 4 aromatic carbocycles. The quantitative estimate of drug-likeness (QED) is 0.118. The molecule has 0 aromatic heterocycles. The van der Waals surface area contributed by atoms with Crippen molar-refractivity contribution in [2.45, 2.75) is 73.7 Å². The minimum absolute atomic E-state index is 0.0632. The van der Waals surface area contributed by atoms with Crippen molar-refractivity contribution in [1.82, 2.24) is 14.5 Å². The van der Waals surface area contributed by atoms with E-state index in [0.717, 1.165) is 68.4 Å². The molecule has 0 bridgehead atoms. The summed E-state index contributed by atoms with van der Waals surface area (Å²) in [5.41, 5.74) is 6.05. The van der Waals surface area contributed by atoms with Gasteiger partial charge in [0.1, 0.15) is 0 Å². The van der Waals surface area contributed by atoms with Crippen LogP contribution in [0, 0.1) is 6.92 Å². The highest BCUT2D eigenvalue weighted by molar-refractivity contribution is 7.99. The van der Waals surface area contributed by atoms with Crippen LogP contribution in [0.5, 0.6) is 0 Å². The van der Waals surface area contributed by atoms with E-state index in [1.54, 1.807) is 47.7 Å². The van der Waals surface area contributed by atoms with Gasteiger partial charge >= 0.3 is 0 Å². The number of carbonyl (C=O) groups excluding carboxylic acids is 1. The van der Waals surface area contributed by atoms with Crippen LogP contribution in [0.15, 0.2) is 107 Å². The maximum atomic E-state index is 13.4. The molecule has 4 aromatic rings. The van der Waals surface area contributed by atoms with E-state index in [0.29, 0.717) is 11.5 Å². The van der Waals surface area contributed by atoms with Gasteiger partial charge in [-0.1, -0.05) is 61.7 Å². The molecule has 0 unspecified atom stereocenters. The normalized spacial score (nSPS) is 16.4. The molecule has 53 heavy (non-hydrogen) atoms. The fourth-order valence-electron chi connectivity index (χ4n) is 7.47. The molecular weight excluding hydrogens is 699 g/mol. The van der Waals surface area contributed by atoms with Crippen LogP contribution in [0.25, 0.3) is 0 Å². The Balaban J connectivity index is 1.02. The summed E-state index contributed by atoms with van der Waals surface area (Å²) in [6, 6.07) is 31.8. The zero-order valence-electron chi connectivity index (χ0n) is 31.5. The number of hydrogen-bond donors (Lipinski definition) is 2. The second-order valence-electron chi connectivity index (χ2n) is 14.8. The third-order valence-corrected chi connectivity index (χ3v) is 13.1. The average molecular weight is 754 g/mol. The number of piperazine rings is 1. The van der Waals surface area contributed by atoms with Crippen molar-refractivity contribution in [2.24, 2.45) is 0 Å². The van der Waals surface area contributed by atoms with Crippen LogP contribution in [0.1, 0.15) is 71.5 Å². The lowest BCUT2D eigenvalue weighted by molar-refractivity contribution is 0.0981. The molecule has 0 spiro atoms. The summed E-state index contributed by atoms with van der Waals surface area (Å²) in [7, 11) is 0.0594. The van der Waals surface area contributed by atoms with Crippen LogP contribution < -0.4 is 14.9 Å². The summed E-state index contributed by atoms with van der Waals surface area (Å²) in [5, 5.41) is 3.64. The standard InChI is InChI=1S/C43H55N5O3S2/c1-33-30-40(22-23-42(33)44-37(24-25-46(2)3)32-52-39-15-8-5-9-16-39)53(50,51)45-43(49)35-18-20-38(21-19-35)48-28-26-47(27-29-48)31-36-14-10-11-17-41(36)34-12-6-4-7-13-34/h5,8-11,14-23,30,34,37,44H,4,6-7,12-13,24-29,31-32H2,1-3H3,(H,45,49)/t37-/m1/s1. The Morgan fingerprint density at radius 1 is 0.868 bits per heavy atom. The summed E-state index contributed by atoms with van der Waals surface area (Å²) in [5.74, 6) is 0.932. The van der Waals surface area contributed by atoms with Gasteiger partial charge in [-0.25, -0.2) is 13.1 Å². The summed E-state index contributed by atoms with van der Waals surface area (Å²) in [4.78, 5) is 21.5. The third kappa shape index (κ3) is 10.9. The Morgan fingerprint density at radius 2 is 1.57 bits per heavy atom. The van der Waals surface area contributed by atoms with Crippen molar-refractivity contribution in [1.29, 1.82) is 0 Å². The predicted molar refractivity (Wildman–Crippen MR) is 220 cm³/mol. The number of rotatable bonds is 15. The molecule has 10 heteroatoms. The first kappa shape index (κ1) is 38.9. The lowest BCUT2D eigenvalue weighted by atomic mass is 9.82. The van der Waals surface area contributed by atoms with E-state index in [1.165, 1.54) is 42.6 Å². The first-order valence-electron chi connectivity index (χ1n) is 19.1. The molecule has 2 fully saturated rings. The molecule has 2 N–H and O–H groups in total. The highest BCUT2D eigenvalue weighted by atomic mass is 32.2. The van der Waals surface area contributed by atoms with Gasteiger partial charge in [-0.2, -0.15) is 0 Å². The number of aryl methyl sites for hydroxylation is 1. The van der Waals surface area contributed by atoms with Crippen LogP contribution in [0.3, 0.4) is 0 Å². The zero-order chi connectivity index (χ0) is 37.2. The summed E-state index contributed by atoms with van der Waals surface area (Å²) in [6.07, 6.45) is 7.60. The Kier molecular flexibility index (Phi) is 13.6. The number of sulfonamides is 1. The van der Waals surface area contributed by atoms with Crippen molar-refractivity contribution < 1.29 is 13.2 Å². The van der Waals surface area contributed by atoms with Crippen molar-refractivity contribution in [3.8, 4) is 0 Å². The highest BCUT2D eigenvalue weighted by Crippen LogP contribution is 2.35. The largest absolute Gasteiger partial charge is 0.381 e. The Labute approximate surface area is 321 Å². The molecule has 6 rings (SSSR count). The second kappa shape index (κ2) is 18.5. The smallest absolute Gasteiger partial charge is 0.264 e. The van der Waals surface area contributed by atoms with E-state index in [9.17, 15) is 13.2 Å². The predicted octanol–water partition coefficient (Wildman–Crippen LogP) is 8.01. The number of anilines is 2. The minimum atomic E-state index is -4.07. The van der Waals surface area contributed by atoms with Gasteiger partial charge in [0, 0.05) is 66.4 Å². The Morgan fingerprint density at radius 3 is 2.26 bits per heavy atom. The number of benzene rings is 4. The van der Waals surface area contributed by atoms with Crippen LogP contribution in [0.4, 0.5) is 11.4 Å². The third-order valence-electron chi connectivity index (χ3n) is 10.6. The van der Waals surface area contributed by atoms with E-state index in [2.05, 4.69) is 75.2 Å².